The van der Waals surface area contributed by atoms with Gasteiger partial charge in [-0.1, -0.05) is 30.3 Å². The van der Waals surface area contributed by atoms with Crippen molar-refractivity contribution in [2.45, 2.75) is 6.10 Å². The molecule has 1 aliphatic rings. The summed E-state index contributed by atoms with van der Waals surface area (Å²) >= 11 is 0. The van der Waals surface area contributed by atoms with E-state index in [2.05, 4.69) is 0 Å². The molecule has 0 aromatic heterocycles. The highest BCUT2D eigenvalue weighted by Crippen LogP contribution is 2.32. The zero-order valence-corrected chi connectivity index (χ0v) is 10.8. The molecule has 0 bridgehead atoms. The first-order valence-corrected chi connectivity index (χ1v) is 6.42. The first kappa shape index (κ1) is 12.7. The molecule has 0 spiro atoms. The Balaban J connectivity index is 1.87. The van der Waals surface area contributed by atoms with Crippen molar-refractivity contribution < 1.29 is 19.4 Å². The number of hydrogen-bond acceptors (Lipinski definition) is 4. The maximum Gasteiger partial charge on any atom is 0.195 e. The zero-order chi connectivity index (χ0) is 13.9. The molecule has 0 saturated carbocycles. The number of aliphatic hydroxyl groups excluding tert-OH is 1. The predicted molar refractivity (Wildman–Crippen MR) is 73.2 cm³/mol. The number of fused-ring (bicyclic) bond motifs is 1. The highest BCUT2D eigenvalue weighted by molar-refractivity contribution is 6.00. The lowest BCUT2D eigenvalue weighted by Crippen LogP contribution is -2.17. The second kappa shape index (κ2) is 5.35. The summed E-state index contributed by atoms with van der Waals surface area (Å²) in [6, 6.07) is 13.8. The van der Waals surface area contributed by atoms with Gasteiger partial charge in [0.25, 0.3) is 0 Å². The molecule has 2 aromatic rings. The average Bonchev–Trinajstić information content (AvgIpc) is 2.54. The van der Waals surface area contributed by atoms with Gasteiger partial charge in [-0.2, -0.15) is 0 Å². The number of benzene rings is 2. The molecule has 3 rings (SSSR count). The highest BCUT2D eigenvalue weighted by atomic mass is 16.6. The van der Waals surface area contributed by atoms with Gasteiger partial charge in [-0.25, -0.2) is 0 Å². The van der Waals surface area contributed by atoms with E-state index in [9.17, 15) is 9.90 Å². The number of Topliss-reactive ketones (excluding diaryl/α,β-unsaturated/α-hetero) is 1. The summed E-state index contributed by atoms with van der Waals surface area (Å²) in [4.78, 5) is 12.3. The van der Waals surface area contributed by atoms with Crippen molar-refractivity contribution in [1.82, 2.24) is 0 Å². The summed E-state index contributed by atoms with van der Waals surface area (Å²) in [5.41, 5.74) is 0.984. The first-order valence-electron chi connectivity index (χ1n) is 6.42. The molecule has 20 heavy (non-hydrogen) atoms. The molecule has 4 heteroatoms. The van der Waals surface area contributed by atoms with Crippen molar-refractivity contribution in [3.63, 3.8) is 0 Å². The molecule has 0 amide bonds. The van der Waals surface area contributed by atoms with Gasteiger partial charge in [0.1, 0.15) is 19.3 Å². The Morgan fingerprint density at radius 1 is 1.00 bits per heavy atom. The minimum atomic E-state index is -1.17. The van der Waals surface area contributed by atoms with E-state index in [0.29, 0.717) is 35.8 Å². The lowest BCUT2D eigenvalue weighted by molar-refractivity contribution is 0.0746. The fourth-order valence-corrected chi connectivity index (χ4v) is 2.14. The third-order valence-electron chi connectivity index (χ3n) is 3.19. The lowest BCUT2D eigenvalue weighted by atomic mass is 9.99. The second-order valence-corrected chi connectivity index (χ2v) is 4.54. The van der Waals surface area contributed by atoms with Crippen LogP contribution in [0.3, 0.4) is 0 Å². The summed E-state index contributed by atoms with van der Waals surface area (Å²) < 4.78 is 10.8. The minimum Gasteiger partial charge on any atom is -0.486 e. The fraction of sp³-hybridized carbons (Fsp3) is 0.188. The molecule has 4 nitrogen and oxygen atoms in total. The Bertz CT molecular complexity index is 622. The molecule has 102 valence electrons. The standard InChI is InChI=1S/C16H14O4/c17-15(11-4-2-1-3-5-11)16(18)12-6-7-13-14(10-12)20-9-8-19-13/h1-7,10,15,17H,8-9H2. The van der Waals surface area contributed by atoms with E-state index in [4.69, 9.17) is 9.47 Å². The van der Waals surface area contributed by atoms with Gasteiger partial charge in [0, 0.05) is 5.56 Å². The Kier molecular flexibility index (Phi) is 3.39. The fourth-order valence-electron chi connectivity index (χ4n) is 2.14. The molecular weight excluding hydrogens is 256 g/mol. The quantitative estimate of drug-likeness (QED) is 0.870. The molecule has 1 unspecified atom stereocenters. The van der Waals surface area contributed by atoms with Crippen LogP contribution in [-0.4, -0.2) is 24.1 Å². The van der Waals surface area contributed by atoms with Crippen molar-refractivity contribution >= 4 is 5.78 Å². The Hall–Kier alpha value is -2.33. The van der Waals surface area contributed by atoms with Crippen LogP contribution in [0.4, 0.5) is 0 Å². The Labute approximate surface area is 116 Å². The third kappa shape index (κ3) is 2.38. The molecule has 1 atom stereocenters. The number of aliphatic hydroxyl groups is 1. The first-order chi connectivity index (χ1) is 9.75. The van der Waals surface area contributed by atoms with E-state index in [1.807, 2.05) is 6.07 Å². The normalized spacial score (nSPS) is 14.7. The van der Waals surface area contributed by atoms with Gasteiger partial charge in [0.15, 0.2) is 17.3 Å². The largest absolute Gasteiger partial charge is 0.486 e. The van der Waals surface area contributed by atoms with Crippen molar-refractivity contribution in [3.05, 3.63) is 59.7 Å². The summed E-state index contributed by atoms with van der Waals surface area (Å²) in [7, 11) is 0. The number of rotatable bonds is 3. The van der Waals surface area contributed by atoms with Crippen LogP contribution >= 0.6 is 0 Å². The van der Waals surface area contributed by atoms with Gasteiger partial charge in [-0.3, -0.25) is 4.79 Å². The van der Waals surface area contributed by atoms with E-state index in [-0.39, 0.29) is 5.78 Å². The van der Waals surface area contributed by atoms with Crippen LogP contribution in [0.1, 0.15) is 22.0 Å². The molecule has 0 aliphatic carbocycles. The topological polar surface area (TPSA) is 55.8 Å². The van der Waals surface area contributed by atoms with E-state index in [1.165, 1.54) is 0 Å². The highest BCUT2D eigenvalue weighted by Gasteiger charge is 2.21. The van der Waals surface area contributed by atoms with Gasteiger partial charge in [-0.15, -0.1) is 0 Å². The second-order valence-electron chi connectivity index (χ2n) is 4.54. The zero-order valence-electron chi connectivity index (χ0n) is 10.8. The Morgan fingerprint density at radius 3 is 2.45 bits per heavy atom. The van der Waals surface area contributed by atoms with Crippen LogP contribution in [0.2, 0.25) is 0 Å². The van der Waals surface area contributed by atoms with Crippen LogP contribution in [0.25, 0.3) is 0 Å². The third-order valence-corrected chi connectivity index (χ3v) is 3.19. The number of carbonyl (C=O) groups excluding carboxylic acids is 1. The van der Waals surface area contributed by atoms with Gasteiger partial charge < -0.3 is 14.6 Å². The molecule has 2 aromatic carbocycles. The summed E-state index contributed by atoms with van der Waals surface area (Å²) in [5.74, 6) is 0.817. The van der Waals surface area contributed by atoms with E-state index < -0.39 is 6.10 Å². The van der Waals surface area contributed by atoms with Gasteiger partial charge in [-0.05, 0) is 23.8 Å². The van der Waals surface area contributed by atoms with Crippen LogP contribution in [0.5, 0.6) is 11.5 Å². The van der Waals surface area contributed by atoms with Crippen LogP contribution < -0.4 is 9.47 Å². The number of carbonyl (C=O) groups is 1. The van der Waals surface area contributed by atoms with Crippen molar-refractivity contribution in [1.29, 1.82) is 0 Å². The molecule has 0 radical (unpaired) electrons. The van der Waals surface area contributed by atoms with Gasteiger partial charge in [0.2, 0.25) is 0 Å². The number of ketones is 1. The molecular formula is C16H14O4. The van der Waals surface area contributed by atoms with E-state index in [0.717, 1.165) is 0 Å². The smallest absolute Gasteiger partial charge is 0.195 e. The SMILES string of the molecule is O=C(c1ccc2c(c1)OCCO2)C(O)c1ccccc1. The molecule has 1 N–H and O–H groups in total. The van der Waals surface area contributed by atoms with E-state index in [1.54, 1.807) is 42.5 Å². The minimum absolute atomic E-state index is 0.354. The summed E-state index contributed by atoms with van der Waals surface area (Å²) in [6.45, 7) is 0.971. The average molecular weight is 270 g/mol. The number of hydrogen-bond donors (Lipinski definition) is 1. The molecule has 0 saturated heterocycles. The van der Waals surface area contributed by atoms with Gasteiger partial charge >= 0.3 is 0 Å². The molecule has 1 aliphatic heterocycles. The van der Waals surface area contributed by atoms with Gasteiger partial charge in [0.05, 0.1) is 0 Å². The maximum atomic E-state index is 12.3. The summed E-state index contributed by atoms with van der Waals surface area (Å²) in [5, 5.41) is 10.1. The summed E-state index contributed by atoms with van der Waals surface area (Å²) in [6.07, 6.45) is -1.17. The molecule has 1 heterocycles. The van der Waals surface area contributed by atoms with Crippen LogP contribution in [-0.2, 0) is 0 Å². The van der Waals surface area contributed by atoms with Crippen LogP contribution in [0.15, 0.2) is 48.5 Å². The lowest BCUT2D eigenvalue weighted by Gasteiger charge is -2.19. The van der Waals surface area contributed by atoms with Crippen molar-refractivity contribution in [3.8, 4) is 11.5 Å². The van der Waals surface area contributed by atoms with Crippen molar-refractivity contribution in [2.24, 2.45) is 0 Å². The molecule has 0 fully saturated rings. The Morgan fingerprint density at radius 2 is 1.70 bits per heavy atom. The number of ether oxygens (including phenoxy) is 2. The maximum absolute atomic E-state index is 12.3. The predicted octanol–water partition coefficient (Wildman–Crippen LogP) is 2.37. The van der Waals surface area contributed by atoms with Crippen molar-refractivity contribution in [2.75, 3.05) is 13.2 Å². The monoisotopic (exact) mass is 270 g/mol. The van der Waals surface area contributed by atoms with Crippen LogP contribution in [0, 0.1) is 0 Å². The van der Waals surface area contributed by atoms with E-state index >= 15 is 0 Å².